The third-order valence-electron chi connectivity index (χ3n) is 1.75. The maximum Gasteiger partial charge on any atom is 0.216 e. The molecule has 5 nitrogen and oxygen atoms in total. The molecule has 0 amide bonds. The summed E-state index contributed by atoms with van der Waals surface area (Å²) in [5, 5.41) is 13.8. The van der Waals surface area contributed by atoms with Crippen molar-refractivity contribution in [2.24, 2.45) is 5.10 Å². The van der Waals surface area contributed by atoms with Crippen LogP contribution < -0.4 is 0 Å². The van der Waals surface area contributed by atoms with Crippen molar-refractivity contribution in [1.82, 2.24) is 19.9 Å². The van der Waals surface area contributed by atoms with Crippen LogP contribution in [-0.2, 0) is 0 Å². The van der Waals surface area contributed by atoms with E-state index < -0.39 is 0 Å². The van der Waals surface area contributed by atoms with Crippen molar-refractivity contribution < 1.29 is 0 Å². The van der Waals surface area contributed by atoms with Gasteiger partial charge in [-0.15, -0.1) is 11.3 Å². The molecule has 15 heavy (non-hydrogen) atoms. The first-order valence-corrected chi connectivity index (χ1v) is 5.56. The lowest BCUT2D eigenvalue weighted by molar-refractivity contribution is 0.820. The van der Waals surface area contributed by atoms with Gasteiger partial charge in [0, 0.05) is 5.38 Å². The van der Waals surface area contributed by atoms with Gasteiger partial charge < -0.3 is 0 Å². The monoisotopic (exact) mass is 239 g/mol. The van der Waals surface area contributed by atoms with E-state index in [1.165, 1.54) is 0 Å². The molecule has 2 aromatic heterocycles. The van der Waals surface area contributed by atoms with Crippen LogP contribution in [-0.4, -0.2) is 26.1 Å². The average Bonchev–Trinajstić information content (AvgIpc) is 2.73. The predicted octanol–water partition coefficient (Wildman–Crippen LogP) is 1.90. The first-order valence-electron chi connectivity index (χ1n) is 4.27. The molecule has 0 atom stereocenters. The zero-order valence-corrected chi connectivity index (χ0v) is 9.89. The number of hydrogen-bond donors (Lipinski definition) is 1. The number of aromatic nitrogens is 4. The molecule has 0 aliphatic carbocycles. The molecule has 2 rings (SSSR count). The van der Waals surface area contributed by atoms with E-state index in [0.717, 1.165) is 16.5 Å². The highest BCUT2D eigenvalue weighted by atomic mass is 32.1. The fourth-order valence-electron chi connectivity index (χ4n) is 1.06. The lowest BCUT2D eigenvalue weighted by atomic mass is 10.5. The Bertz CT molecular complexity index is 547. The molecule has 0 fully saturated rings. The standard InChI is InChI=1S/C8H9N5S2/c1-5-11-12-8(14)13(5)9-3-7-4-15-6(2)10-7/h3-4H,1-2H3,(H,12,14)/b9-3-. The van der Waals surface area contributed by atoms with Crippen molar-refractivity contribution in [2.75, 3.05) is 0 Å². The van der Waals surface area contributed by atoms with Crippen LogP contribution in [0, 0.1) is 18.6 Å². The summed E-state index contributed by atoms with van der Waals surface area (Å²) in [6.45, 7) is 3.78. The van der Waals surface area contributed by atoms with Crippen molar-refractivity contribution in [3.05, 3.63) is 26.7 Å². The minimum Gasteiger partial charge on any atom is -0.250 e. The molecule has 1 N–H and O–H groups in total. The second-order valence-electron chi connectivity index (χ2n) is 2.92. The Balaban J connectivity index is 2.29. The molecule has 0 bridgehead atoms. The lowest BCUT2D eigenvalue weighted by Crippen LogP contribution is -1.93. The number of rotatable bonds is 2. The number of H-pyrrole nitrogens is 1. The molecule has 7 heteroatoms. The van der Waals surface area contributed by atoms with Gasteiger partial charge in [-0.3, -0.25) is 5.10 Å². The van der Waals surface area contributed by atoms with E-state index in [4.69, 9.17) is 12.2 Å². The second kappa shape index (κ2) is 4.03. The number of aryl methyl sites for hydroxylation is 2. The maximum absolute atomic E-state index is 5.01. The minimum absolute atomic E-state index is 0.482. The molecule has 0 spiro atoms. The number of nitrogens with zero attached hydrogens (tertiary/aromatic N) is 4. The number of hydrogen-bond acceptors (Lipinski definition) is 5. The lowest BCUT2D eigenvalue weighted by Gasteiger charge is -1.91. The topological polar surface area (TPSA) is 58.9 Å². The van der Waals surface area contributed by atoms with E-state index in [1.807, 2.05) is 19.2 Å². The largest absolute Gasteiger partial charge is 0.250 e. The first-order chi connectivity index (χ1) is 7.16. The minimum atomic E-state index is 0.482. The van der Waals surface area contributed by atoms with Gasteiger partial charge in [-0.25, -0.2) is 4.98 Å². The molecule has 78 valence electrons. The molecule has 2 heterocycles. The molecule has 0 saturated carbocycles. The van der Waals surface area contributed by atoms with E-state index in [-0.39, 0.29) is 0 Å². The van der Waals surface area contributed by atoms with Crippen LogP contribution in [0.1, 0.15) is 16.5 Å². The van der Waals surface area contributed by atoms with Gasteiger partial charge in [0.05, 0.1) is 16.9 Å². The highest BCUT2D eigenvalue weighted by Crippen LogP contribution is 2.05. The molecule has 0 aliphatic rings. The Morgan fingerprint density at radius 1 is 1.60 bits per heavy atom. The Hall–Kier alpha value is -1.34. The Labute approximate surface area is 95.5 Å². The van der Waals surface area contributed by atoms with E-state index >= 15 is 0 Å². The zero-order valence-electron chi connectivity index (χ0n) is 8.26. The van der Waals surface area contributed by atoms with Gasteiger partial charge in [0.25, 0.3) is 0 Å². The fourth-order valence-corrected chi connectivity index (χ4v) is 1.85. The van der Waals surface area contributed by atoms with Crippen molar-refractivity contribution in [2.45, 2.75) is 13.8 Å². The smallest absolute Gasteiger partial charge is 0.216 e. The Kier molecular flexibility index (Phi) is 2.74. The Morgan fingerprint density at radius 3 is 2.93 bits per heavy atom. The van der Waals surface area contributed by atoms with Crippen LogP contribution in [0.25, 0.3) is 0 Å². The van der Waals surface area contributed by atoms with Gasteiger partial charge in [-0.05, 0) is 26.1 Å². The third kappa shape index (κ3) is 2.18. The van der Waals surface area contributed by atoms with E-state index in [0.29, 0.717) is 4.77 Å². The van der Waals surface area contributed by atoms with E-state index in [2.05, 4.69) is 20.3 Å². The second-order valence-corrected chi connectivity index (χ2v) is 4.37. The van der Waals surface area contributed by atoms with Gasteiger partial charge in [0.15, 0.2) is 0 Å². The molecule has 0 unspecified atom stereocenters. The summed E-state index contributed by atoms with van der Waals surface area (Å²) in [5.74, 6) is 0.725. The highest BCUT2D eigenvalue weighted by Gasteiger charge is 1.98. The van der Waals surface area contributed by atoms with Crippen LogP contribution >= 0.6 is 23.6 Å². The molecule has 0 aliphatic heterocycles. The summed E-state index contributed by atoms with van der Waals surface area (Å²) >= 11 is 6.60. The SMILES string of the molecule is Cc1nc(/C=N\n2c(C)n[nH]c2=S)cs1. The molecular formula is C8H9N5S2. The number of thiazole rings is 1. The van der Waals surface area contributed by atoms with Crippen LogP contribution in [0.5, 0.6) is 0 Å². The highest BCUT2D eigenvalue weighted by molar-refractivity contribution is 7.71. The predicted molar refractivity (Wildman–Crippen MR) is 62.0 cm³/mol. The van der Waals surface area contributed by atoms with Crippen molar-refractivity contribution in [3.8, 4) is 0 Å². The first kappa shape index (κ1) is 10.2. The fraction of sp³-hybridized carbons (Fsp3) is 0.250. The van der Waals surface area contributed by atoms with Crippen LogP contribution in [0.2, 0.25) is 0 Å². The van der Waals surface area contributed by atoms with Crippen LogP contribution in [0.3, 0.4) is 0 Å². The van der Waals surface area contributed by atoms with Gasteiger partial charge >= 0.3 is 0 Å². The van der Waals surface area contributed by atoms with Crippen LogP contribution in [0.4, 0.5) is 0 Å². The number of nitrogens with one attached hydrogen (secondary N) is 1. The molecule has 0 radical (unpaired) electrons. The van der Waals surface area contributed by atoms with Gasteiger partial charge in [-0.1, -0.05) is 0 Å². The maximum atomic E-state index is 5.01. The van der Waals surface area contributed by atoms with Crippen molar-refractivity contribution in [1.29, 1.82) is 0 Å². The Morgan fingerprint density at radius 2 is 2.40 bits per heavy atom. The van der Waals surface area contributed by atoms with Crippen molar-refractivity contribution in [3.63, 3.8) is 0 Å². The summed E-state index contributed by atoms with van der Waals surface area (Å²) in [6, 6.07) is 0. The summed E-state index contributed by atoms with van der Waals surface area (Å²) < 4.78 is 2.04. The van der Waals surface area contributed by atoms with Crippen molar-refractivity contribution >= 4 is 29.8 Å². The van der Waals surface area contributed by atoms with E-state index in [1.54, 1.807) is 22.2 Å². The number of aromatic amines is 1. The van der Waals surface area contributed by atoms with Gasteiger partial charge in [-0.2, -0.15) is 14.9 Å². The summed E-state index contributed by atoms with van der Waals surface area (Å²) in [7, 11) is 0. The third-order valence-corrected chi connectivity index (χ3v) is 2.81. The summed E-state index contributed by atoms with van der Waals surface area (Å²) in [5.41, 5.74) is 0.833. The zero-order chi connectivity index (χ0) is 10.8. The average molecular weight is 239 g/mol. The summed E-state index contributed by atoms with van der Waals surface area (Å²) in [6.07, 6.45) is 1.67. The van der Waals surface area contributed by atoms with E-state index in [9.17, 15) is 0 Å². The normalized spacial score (nSPS) is 11.3. The van der Waals surface area contributed by atoms with Crippen LogP contribution in [0.15, 0.2) is 10.5 Å². The van der Waals surface area contributed by atoms with Gasteiger partial charge in [0.2, 0.25) is 4.77 Å². The quantitative estimate of drug-likeness (QED) is 0.643. The molecular weight excluding hydrogens is 230 g/mol. The molecule has 0 saturated heterocycles. The molecule has 0 aromatic carbocycles. The summed E-state index contributed by atoms with van der Waals surface area (Å²) in [4.78, 5) is 4.26. The molecule has 2 aromatic rings. The van der Waals surface area contributed by atoms with Gasteiger partial charge in [0.1, 0.15) is 5.82 Å².